The Hall–Kier alpha value is -0.810. The van der Waals surface area contributed by atoms with Gasteiger partial charge < -0.3 is 0 Å². The summed E-state index contributed by atoms with van der Waals surface area (Å²) in [5.74, 6) is 0. The zero-order chi connectivity index (χ0) is 8.32. The van der Waals surface area contributed by atoms with Gasteiger partial charge in [-0.15, -0.1) is 0 Å². The van der Waals surface area contributed by atoms with Crippen molar-refractivity contribution in [1.29, 1.82) is 0 Å². The number of rotatable bonds is 2. The minimum atomic E-state index is -0.398. The number of hydrazine groups is 2. The van der Waals surface area contributed by atoms with E-state index in [1.54, 1.807) is 0 Å². The van der Waals surface area contributed by atoms with Crippen LogP contribution in [0.3, 0.4) is 0 Å². The molecule has 6 nitrogen and oxygen atoms in total. The lowest BCUT2D eigenvalue weighted by molar-refractivity contribution is 0.375. The van der Waals surface area contributed by atoms with Crippen LogP contribution in [0.5, 0.6) is 0 Å². The lowest BCUT2D eigenvalue weighted by Gasteiger charge is -2.24. The van der Waals surface area contributed by atoms with Gasteiger partial charge in [0.15, 0.2) is 0 Å². The van der Waals surface area contributed by atoms with Crippen LogP contribution in [0.1, 0.15) is 13.8 Å². The van der Waals surface area contributed by atoms with Crippen molar-refractivity contribution < 1.29 is 0 Å². The molecule has 1 unspecified atom stereocenters. The van der Waals surface area contributed by atoms with E-state index in [1.165, 1.54) is 0 Å². The topological polar surface area (TPSA) is 84.9 Å². The van der Waals surface area contributed by atoms with Crippen molar-refractivity contribution in [2.45, 2.75) is 25.4 Å². The summed E-state index contributed by atoms with van der Waals surface area (Å²) in [6, 6.07) is 0.137. The number of nitrogens with zero attached hydrogens (tertiary/aromatic N) is 3. The fourth-order valence-electron chi connectivity index (χ4n) is 0.954. The highest BCUT2D eigenvalue weighted by molar-refractivity contribution is 4.93. The van der Waals surface area contributed by atoms with Gasteiger partial charge in [-0.2, -0.15) is 5.53 Å². The van der Waals surface area contributed by atoms with Crippen LogP contribution in [0.25, 0.3) is 10.4 Å². The molecule has 1 rings (SSSR count). The molecule has 1 saturated heterocycles. The summed E-state index contributed by atoms with van der Waals surface area (Å²) >= 11 is 0. The number of hydrogen-bond acceptors (Lipinski definition) is 4. The summed E-state index contributed by atoms with van der Waals surface area (Å²) < 4.78 is 0. The van der Waals surface area contributed by atoms with Crippen molar-refractivity contribution in [3.63, 3.8) is 0 Å². The van der Waals surface area contributed by atoms with Crippen LogP contribution >= 0.6 is 0 Å². The quantitative estimate of drug-likeness (QED) is 0.300. The Morgan fingerprint density at radius 1 is 1.64 bits per heavy atom. The maximum Gasteiger partial charge on any atom is 0.0611 e. The smallest absolute Gasteiger partial charge is 0.0611 e. The fourth-order valence-corrected chi connectivity index (χ4v) is 0.954. The van der Waals surface area contributed by atoms with Crippen LogP contribution in [-0.2, 0) is 0 Å². The third kappa shape index (κ3) is 1.81. The molecule has 62 valence electrons. The van der Waals surface area contributed by atoms with Crippen molar-refractivity contribution in [1.82, 2.24) is 16.4 Å². The van der Waals surface area contributed by atoms with Gasteiger partial charge in [-0.1, -0.05) is 19.0 Å². The molecule has 1 aliphatic heterocycles. The average molecular weight is 156 g/mol. The lowest BCUT2D eigenvalue weighted by atomic mass is 9.97. The van der Waals surface area contributed by atoms with Gasteiger partial charge in [0.05, 0.1) is 5.54 Å². The SMILES string of the molecule is CC(C)(N=[N+]=[N-])C1CNNN1. The Labute approximate surface area is 64.9 Å². The van der Waals surface area contributed by atoms with E-state index in [0.717, 1.165) is 6.54 Å². The molecule has 0 aromatic rings. The lowest BCUT2D eigenvalue weighted by Crippen LogP contribution is -2.45. The Kier molecular flexibility index (Phi) is 2.31. The van der Waals surface area contributed by atoms with Gasteiger partial charge in [-0.25, -0.2) is 10.9 Å². The van der Waals surface area contributed by atoms with Crippen LogP contribution in [0.15, 0.2) is 5.11 Å². The molecule has 0 spiro atoms. The minimum absolute atomic E-state index is 0.137. The molecule has 0 aromatic carbocycles. The number of azide groups is 1. The summed E-state index contributed by atoms with van der Waals surface area (Å²) in [6.45, 7) is 4.53. The van der Waals surface area contributed by atoms with Crippen LogP contribution in [0, 0.1) is 0 Å². The maximum atomic E-state index is 8.25. The zero-order valence-corrected chi connectivity index (χ0v) is 6.63. The van der Waals surface area contributed by atoms with E-state index >= 15 is 0 Å². The zero-order valence-electron chi connectivity index (χ0n) is 6.63. The minimum Gasteiger partial charge on any atom is -0.243 e. The van der Waals surface area contributed by atoms with Gasteiger partial charge in [-0.05, 0) is 5.53 Å². The third-order valence-electron chi connectivity index (χ3n) is 1.80. The van der Waals surface area contributed by atoms with Crippen molar-refractivity contribution in [3.05, 3.63) is 10.4 Å². The molecule has 3 N–H and O–H groups in total. The molecule has 1 heterocycles. The molecule has 0 aliphatic carbocycles. The summed E-state index contributed by atoms with van der Waals surface area (Å²) in [5.41, 5.74) is 16.5. The number of nitrogens with one attached hydrogen (secondary N) is 3. The highest BCUT2D eigenvalue weighted by atomic mass is 15.6. The van der Waals surface area contributed by atoms with E-state index in [9.17, 15) is 0 Å². The van der Waals surface area contributed by atoms with E-state index in [0.29, 0.717) is 0 Å². The second-order valence-electron chi connectivity index (χ2n) is 3.05. The van der Waals surface area contributed by atoms with Gasteiger partial charge in [-0.3, -0.25) is 0 Å². The van der Waals surface area contributed by atoms with E-state index < -0.39 is 5.54 Å². The molecule has 6 heteroatoms. The van der Waals surface area contributed by atoms with E-state index in [4.69, 9.17) is 5.53 Å². The van der Waals surface area contributed by atoms with Crippen molar-refractivity contribution in [2.24, 2.45) is 5.11 Å². The first-order valence-corrected chi connectivity index (χ1v) is 3.46. The Morgan fingerprint density at radius 2 is 2.36 bits per heavy atom. The van der Waals surface area contributed by atoms with E-state index in [-0.39, 0.29) is 6.04 Å². The Morgan fingerprint density at radius 3 is 2.82 bits per heavy atom. The molecule has 1 fully saturated rings. The summed E-state index contributed by atoms with van der Waals surface area (Å²) in [7, 11) is 0. The maximum absolute atomic E-state index is 8.25. The predicted octanol–water partition coefficient (Wildman–Crippen LogP) is 0.0563. The molecule has 11 heavy (non-hydrogen) atoms. The summed E-state index contributed by atoms with van der Waals surface area (Å²) in [5, 5.41) is 3.68. The monoisotopic (exact) mass is 156 g/mol. The van der Waals surface area contributed by atoms with Gasteiger partial charge in [0, 0.05) is 17.5 Å². The molecule has 0 bridgehead atoms. The Bertz CT molecular complexity index is 175. The molecule has 1 aliphatic rings. The Balaban J connectivity index is 2.62. The number of hydrogen-bond donors (Lipinski definition) is 3. The van der Waals surface area contributed by atoms with Crippen molar-refractivity contribution in [3.8, 4) is 0 Å². The highest BCUT2D eigenvalue weighted by Gasteiger charge is 2.30. The average Bonchev–Trinajstić information content (AvgIpc) is 2.37. The third-order valence-corrected chi connectivity index (χ3v) is 1.80. The first-order chi connectivity index (χ1) is 5.17. The van der Waals surface area contributed by atoms with Crippen LogP contribution in [-0.4, -0.2) is 18.1 Å². The van der Waals surface area contributed by atoms with Gasteiger partial charge in [0.1, 0.15) is 0 Å². The second-order valence-corrected chi connectivity index (χ2v) is 3.05. The van der Waals surface area contributed by atoms with Crippen molar-refractivity contribution in [2.75, 3.05) is 6.54 Å². The molecule has 1 atom stereocenters. The van der Waals surface area contributed by atoms with Gasteiger partial charge in [0.25, 0.3) is 0 Å². The fraction of sp³-hybridized carbons (Fsp3) is 1.00. The summed E-state index contributed by atoms with van der Waals surface area (Å²) in [4.78, 5) is 2.78. The standard InChI is InChI=1S/C5H12N6/c1-5(2,9-10-6)4-3-7-11-8-4/h4,7-8,11H,3H2,1-2H3. The van der Waals surface area contributed by atoms with Crippen molar-refractivity contribution >= 4 is 0 Å². The normalized spacial score (nSPS) is 24.7. The van der Waals surface area contributed by atoms with E-state index in [1.807, 2.05) is 13.8 Å². The van der Waals surface area contributed by atoms with Crippen LogP contribution < -0.4 is 16.4 Å². The predicted molar refractivity (Wildman–Crippen MR) is 41.3 cm³/mol. The molecule has 0 aromatic heterocycles. The largest absolute Gasteiger partial charge is 0.243 e. The van der Waals surface area contributed by atoms with Crippen LogP contribution in [0.2, 0.25) is 0 Å². The van der Waals surface area contributed by atoms with E-state index in [2.05, 4.69) is 26.4 Å². The molecule has 0 amide bonds. The second kappa shape index (κ2) is 3.06. The molecule has 0 saturated carbocycles. The molecular formula is C5H12N6. The molecule has 0 radical (unpaired) electrons. The van der Waals surface area contributed by atoms with Crippen LogP contribution in [0.4, 0.5) is 0 Å². The first kappa shape index (κ1) is 8.29. The molecular weight excluding hydrogens is 144 g/mol. The first-order valence-electron chi connectivity index (χ1n) is 3.46. The van der Waals surface area contributed by atoms with Gasteiger partial charge in [0.2, 0.25) is 0 Å². The summed E-state index contributed by atoms with van der Waals surface area (Å²) in [6.07, 6.45) is 0. The van der Waals surface area contributed by atoms with Gasteiger partial charge >= 0.3 is 0 Å². The highest BCUT2D eigenvalue weighted by Crippen LogP contribution is 2.15.